The summed E-state index contributed by atoms with van der Waals surface area (Å²) in [5.74, 6) is 0.938. The van der Waals surface area contributed by atoms with Crippen molar-refractivity contribution in [2.24, 2.45) is 5.73 Å². The van der Waals surface area contributed by atoms with Crippen LogP contribution in [-0.4, -0.2) is 62.9 Å². The van der Waals surface area contributed by atoms with Gasteiger partial charge in [0.05, 0.1) is 17.4 Å². The fraction of sp³-hybridized carbons (Fsp3) is 0.375. The van der Waals surface area contributed by atoms with Crippen LogP contribution in [0.1, 0.15) is 10.5 Å². The smallest absolute Gasteiger partial charge is 0.276 e. The average molecular weight is 357 g/mol. The number of piperazine rings is 1. The molecule has 3 aromatic rings. The van der Waals surface area contributed by atoms with Gasteiger partial charge >= 0.3 is 0 Å². The first kappa shape index (κ1) is 16.0. The molecule has 8 nitrogen and oxygen atoms in total. The third-order valence-electron chi connectivity index (χ3n) is 4.34. The molecule has 0 aliphatic carbocycles. The number of carbonyl (C=O) groups is 1. The lowest BCUT2D eigenvalue weighted by Crippen LogP contribution is -2.49. The van der Waals surface area contributed by atoms with Gasteiger partial charge in [0.1, 0.15) is 5.82 Å². The van der Waals surface area contributed by atoms with Crippen molar-refractivity contribution >= 4 is 33.3 Å². The van der Waals surface area contributed by atoms with E-state index in [2.05, 4.69) is 31.7 Å². The molecule has 4 rings (SSSR count). The zero-order valence-electron chi connectivity index (χ0n) is 13.7. The molecular formula is C16H19N7OS. The first-order valence-electron chi connectivity index (χ1n) is 8.25. The Kier molecular flexibility index (Phi) is 4.33. The van der Waals surface area contributed by atoms with Crippen molar-refractivity contribution in [2.45, 2.75) is 6.54 Å². The number of benzene rings is 1. The summed E-state index contributed by atoms with van der Waals surface area (Å²) in [6.07, 6.45) is 1.66. The van der Waals surface area contributed by atoms with Gasteiger partial charge in [0.25, 0.3) is 5.91 Å². The molecule has 1 fully saturated rings. The Hall–Kier alpha value is -2.52. The predicted octanol–water partition coefficient (Wildman–Crippen LogP) is 0.809. The largest absolute Gasteiger partial charge is 0.352 e. The zero-order valence-corrected chi connectivity index (χ0v) is 14.5. The normalized spacial score (nSPS) is 15.1. The lowest BCUT2D eigenvalue weighted by atomic mass is 10.2. The Morgan fingerprint density at radius 2 is 2.00 bits per heavy atom. The fourth-order valence-electron chi connectivity index (χ4n) is 3.02. The van der Waals surface area contributed by atoms with Crippen molar-refractivity contribution in [1.82, 2.24) is 24.3 Å². The summed E-state index contributed by atoms with van der Waals surface area (Å²) < 4.78 is 7.39. The minimum absolute atomic E-state index is 0.0777. The Morgan fingerprint density at radius 1 is 1.20 bits per heavy atom. The van der Waals surface area contributed by atoms with Crippen LogP contribution in [0.4, 0.5) is 5.82 Å². The molecule has 0 spiro atoms. The third-order valence-corrected chi connectivity index (χ3v) is 5.16. The van der Waals surface area contributed by atoms with E-state index >= 15 is 0 Å². The van der Waals surface area contributed by atoms with E-state index in [1.165, 1.54) is 21.6 Å². The average Bonchev–Trinajstić information content (AvgIpc) is 3.29. The van der Waals surface area contributed by atoms with Gasteiger partial charge in [0.2, 0.25) is 0 Å². The highest BCUT2D eigenvalue weighted by molar-refractivity contribution is 7.13. The van der Waals surface area contributed by atoms with E-state index in [1.54, 1.807) is 10.9 Å². The highest BCUT2D eigenvalue weighted by Crippen LogP contribution is 2.29. The summed E-state index contributed by atoms with van der Waals surface area (Å²) in [6, 6.07) is 8.24. The van der Waals surface area contributed by atoms with Crippen molar-refractivity contribution in [3.05, 3.63) is 36.2 Å². The lowest BCUT2D eigenvalue weighted by molar-refractivity contribution is 0.0740. The second-order valence-corrected chi connectivity index (χ2v) is 6.74. The van der Waals surface area contributed by atoms with Gasteiger partial charge < -0.3 is 15.5 Å². The lowest BCUT2D eigenvalue weighted by Gasteiger charge is -2.34. The maximum absolute atomic E-state index is 12.6. The number of rotatable bonds is 4. The van der Waals surface area contributed by atoms with Gasteiger partial charge in [-0.05, 0) is 23.7 Å². The quantitative estimate of drug-likeness (QED) is 0.743. The molecule has 9 heteroatoms. The van der Waals surface area contributed by atoms with Gasteiger partial charge in [-0.15, -0.1) is 5.10 Å². The van der Waals surface area contributed by atoms with Crippen molar-refractivity contribution in [2.75, 3.05) is 37.6 Å². The van der Waals surface area contributed by atoms with Crippen molar-refractivity contribution in [3.8, 4) is 0 Å². The molecule has 1 aliphatic heterocycles. The maximum atomic E-state index is 12.6. The van der Waals surface area contributed by atoms with Gasteiger partial charge in [-0.25, -0.2) is 0 Å². The van der Waals surface area contributed by atoms with Crippen LogP contribution in [0.25, 0.3) is 10.1 Å². The van der Waals surface area contributed by atoms with Crippen LogP contribution in [0.2, 0.25) is 0 Å². The number of anilines is 1. The molecule has 0 saturated carbocycles. The Labute approximate surface area is 149 Å². The van der Waals surface area contributed by atoms with E-state index in [-0.39, 0.29) is 5.91 Å². The molecule has 0 radical (unpaired) electrons. The topological polar surface area (TPSA) is 93.2 Å². The molecule has 1 aliphatic rings. The first-order chi connectivity index (χ1) is 12.3. The second kappa shape index (κ2) is 6.77. The molecule has 0 bridgehead atoms. The van der Waals surface area contributed by atoms with Crippen LogP contribution in [0, 0.1) is 0 Å². The van der Waals surface area contributed by atoms with Crippen molar-refractivity contribution in [1.29, 1.82) is 0 Å². The molecule has 25 heavy (non-hydrogen) atoms. The van der Waals surface area contributed by atoms with Gasteiger partial charge in [-0.1, -0.05) is 17.3 Å². The number of carbonyl (C=O) groups excluding carboxylic acids is 1. The SMILES string of the molecule is NCCn1cc(C(=O)N2CCN(c3nsc4ccccc34)CC2)nn1. The van der Waals surface area contributed by atoms with Crippen LogP contribution in [0.3, 0.4) is 0 Å². The van der Waals surface area contributed by atoms with E-state index in [0.717, 1.165) is 18.9 Å². The summed E-state index contributed by atoms with van der Waals surface area (Å²) in [4.78, 5) is 16.6. The monoisotopic (exact) mass is 357 g/mol. The number of amides is 1. The zero-order chi connectivity index (χ0) is 17.2. The summed E-state index contributed by atoms with van der Waals surface area (Å²) in [5, 5.41) is 9.07. The number of nitrogens with zero attached hydrogens (tertiary/aromatic N) is 6. The molecule has 2 aromatic heterocycles. The van der Waals surface area contributed by atoms with Gasteiger partial charge in [-0.2, -0.15) is 4.37 Å². The van der Waals surface area contributed by atoms with Gasteiger partial charge in [0, 0.05) is 38.1 Å². The Morgan fingerprint density at radius 3 is 2.80 bits per heavy atom. The fourth-order valence-corrected chi connectivity index (χ4v) is 3.82. The Bertz CT molecular complexity index is 881. The first-order valence-corrected chi connectivity index (χ1v) is 9.02. The Balaban J connectivity index is 1.43. The van der Waals surface area contributed by atoms with E-state index in [0.29, 0.717) is 31.9 Å². The molecule has 1 aromatic carbocycles. The summed E-state index contributed by atoms with van der Waals surface area (Å²) >= 11 is 1.52. The molecular weight excluding hydrogens is 338 g/mol. The van der Waals surface area contributed by atoms with Crippen LogP contribution >= 0.6 is 11.5 Å². The molecule has 2 N–H and O–H groups in total. The molecule has 130 valence electrons. The number of nitrogens with two attached hydrogens (primary N) is 1. The van der Waals surface area contributed by atoms with Crippen molar-refractivity contribution < 1.29 is 4.79 Å². The number of hydrogen-bond acceptors (Lipinski definition) is 7. The van der Waals surface area contributed by atoms with E-state index in [4.69, 9.17) is 5.73 Å². The minimum Gasteiger partial charge on any atom is -0.352 e. The number of aromatic nitrogens is 4. The van der Waals surface area contributed by atoms with Crippen LogP contribution < -0.4 is 10.6 Å². The van der Waals surface area contributed by atoms with Crippen LogP contribution in [-0.2, 0) is 6.54 Å². The number of hydrogen-bond donors (Lipinski definition) is 1. The number of fused-ring (bicyclic) bond motifs is 1. The van der Waals surface area contributed by atoms with E-state index in [9.17, 15) is 4.79 Å². The summed E-state index contributed by atoms with van der Waals surface area (Å²) in [5.41, 5.74) is 5.87. The highest BCUT2D eigenvalue weighted by Gasteiger charge is 2.25. The molecule has 3 heterocycles. The molecule has 1 amide bonds. The minimum atomic E-state index is -0.0777. The standard InChI is InChI=1S/C16H19N7OS/c17-5-6-23-11-13(18-20-23)16(24)22-9-7-21(8-10-22)15-12-3-1-2-4-14(12)25-19-15/h1-4,11H,5-10,17H2. The molecule has 0 atom stereocenters. The molecule has 1 saturated heterocycles. The van der Waals surface area contributed by atoms with E-state index < -0.39 is 0 Å². The van der Waals surface area contributed by atoms with Crippen LogP contribution in [0.5, 0.6) is 0 Å². The maximum Gasteiger partial charge on any atom is 0.276 e. The van der Waals surface area contributed by atoms with Gasteiger partial charge in [-0.3, -0.25) is 9.48 Å². The third kappa shape index (κ3) is 3.08. The predicted molar refractivity (Wildman–Crippen MR) is 96.8 cm³/mol. The highest BCUT2D eigenvalue weighted by atomic mass is 32.1. The summed E-state index contributed by atoms with van der Waals surface area (Å²) in [7, 11) is 0. The summed E-state index contributed by atoms with van der Waals surface area (Å²) in [6.45, 7) is 3.85. The van der Waals surface area contributed by atoms with Crippen LogP contribution in [0.15, 0.2) is 30.5 Å². The van der Waals surface area contributed by atoms with Crippen molar-refractivity contribution in [3.63, 3.8) is 0 Å². The van der Waals surface area contributed by atoms with Gasteiger partial charge in [0.15, 0.2) is 5.69 Å². The molecule has 0 unspecified atom stereocenters. The second-order valence-electron chi connectivity index (χ2n) is 5.94. The van der Waals surface area contributed by atoms with E-state index in [1.807, 2.05) is 17.0 Å².